The van der Waals surface area contributed by atoms with Crippen LogP contribution in [0.15, 0.2) is 18.2 Å². The first kappa shape index (κ1) is 17.5. The average Bonchev–Trinajstić information content (AvgIpc) is 2.46. The van der Waals surface area contributed by atoms with Gasteiger partial charge in [0.2, 0.25) is 0 Å². The molecule has 0 aromatic heterocycles. The number of carbonyl (C=O) groups excluding carboxylic acids is 1. The van der Waals surface area contributed by atoms with Crippen LogP contribution < -0.4 is 10.1 Å². The van der Waals surface area contributed by atoms with Gasteiger partial charge in [-0.25, -0.2) is 4.79 Å². The SMILES string of the molecule is CCNC(C)c1cc(C)ccc1OC(CC)C(=O)OCC. The monoisotopic (exact) mass is 293 g/mol. The molecule has 4 heteroatoms. The third-order valence-corrected chi connectivity index (χ3v) is 3.33. The smallest absolute Gasteiger partial charge is 0.347 e. The summed E-state index contributed by atoms with van der Waals surface area (Å²) in [7, 11) is 0. The molecule has 0 bridgehead atoms. The molecule has 1 rings (SSSR count). The van der Waals surface area contributed by atoms with Crippen LogP contribution in [-0.4, -0.2) is 25.2 Å². The van der Waals surface area contributed by atoms with Crippen LogP contribution in [0.5, 0.6) is 5.75 Å². The summed E-state index contributed by atoms with van der Waals surface area (Å²) in [6.45, 7) is 11.2. The molecule has 0 aliphatic heterocycles. The van der Waals surface area contributed by atoms with E-state index in [2.05, 4.69) is 32.2 Å². The number of aryl methyl sites for hydroxylation is 1. The van der Waals surface area contributed by atoms with Gasteiger partial charge in [-0.05, 0) is 39.8 Å². The topological polar surface area (TPSA) is 47.6 Å². The molecule has 0 saturated heterocycles. The highest BCUT2D eigenvalue weighted by Gasteiger charge is 2.22. The summed E-state index contributed by atoms with van der Waals surface area (Å²) in [4.78, 5) is 11.9. The predicted molar refractivity (Wildman–Crippen MR) is 84.6 cm³/mol. The first-order chi connectivity index (χ1) is 10.0. The van der Waals surface area contributed by atoms with E-state index < -0.39 is 6.10 Å². The summed E-state index contributed by atoms with van der Waals surface area (Å²) in [6, 6.07) is 6.20. The molecule has 1 N–H and O–H groups in total. The summed E-state index contributed by atoms with van der Waals surface area (Å²) in [6.07, 6.45) is 0.0297. The van der Waals surface area contributed by atoms with Crippen LogP contribution >= 0.6 is 0 Å². The second-order valence-corrected chi connectivity index (χ2v) is 5.09. The van der Waals surface area contributed by atoms with Gasteiger partial charge >= 0.3 is 5.97 Å². The van der Waals surface area contributed by atoms with Crippen molar-refractivity contribution in [3.8, 4) is 5.75 Å². The van der Waals surface area contributed by atoms with E-state index in [1.807, 2.05) is 19.1 Å². The average molecular weight is 293 g/mol. The molecule has 1 aromatic rings. The molecule has 0 amide bonds. The van der Waals surface area contributed by atoms with Crippen LogP contribution in [0.2, 0.25) is 0 Å². The molecule has 2 unspecified atom stereocenters. The maximum atomic E-state index is 11.9. The van der Waals surface area contributed by atoms with Crippen molar-refractivity contribution in [3.05, 3.63) is 29.3 Å². The van der Waals surface area contributed by atoms with E-state index in [0.29, 0.717) is 13.0 Å². The van der Waals surface area contributed by atoms with Gasteiger partial charge in [0.1, 0.15) is 5.75 Å². The molecule has 0 heterocycles. The highest BCUT2D eigenvalue weighted by molar-refractivity contribution is 5.75. The van der Waals surface area contributed by atoms with E-state index in [0.717, 1.165) is 17.9 Å². The maximum absolute atomic E-state index is 11.9. The molecule has 1 aromatic carbocycles. The maximum Gasteiger partial charge on any atom is 0.347 e. The zero-order valence-electron chi connectivity index (χ0n) is 13.7. The molecule has 4 nitrogen and oxygen atoms in total. The third kappa shape index (κ3) is 5.05. The minimum absolute atomic E-state index is 0.171. The Morgan fingerprint density at radius 3 is 2.57 bits per heavy atom. The van der Waals surface area contributed by atoms with Crippen molar-refractivity contribution in [3.63, 3.8) is 0 Å². The Hall–Kier alpha value is -1.55. The van der Waals surface area contributed by atoms with E-state index in [1.54, 1.807) is 6.92 Å². The molecule has 21 heavy (non-hydrogen) atoms. The lowest BCUT2D eigenvalue weighted by molar-refractivity contribution is -0.151. The van der Waals surface area contributed by atoms with Gasteiger partial charge in [0, 0.05) is 11.6 Å². The van der Waals surface area contributed by atoms with Gasteiger partial charge in [-0.1, -0.05) is 31.5 Å². The Bertz CT molecular complexity index is 459. The van der Waals surface area contributed by atoms with Gasteiger partial charge in [-0.15, -0.1) is 0 Å². The van der Waals surface area contributed by atoms with Crippen molar-refractivity contribution >= 4 is 5.97 Å². The van der Waals surface area contributed by atoms with Crippen LogP contribution in [0.4, 0.5) is 0 Å². The number of hydrogen-bond acceptors (Lipinski definition) is 4. The van der Waals surface area contributed by atoms with Gasteiger partial charge in [0.25, 0.3) is 0 Å². The molecule has 0 aliphatic carbocycles. The Morgan fingerprint density at radius 2 is 2.00 bits per heavy atom. The number of carbonyl (C=O) groups is 1. The predicted octanol–water partition coefficient (Wildman–Crippen LogP) is 3.39. The lowest BCUT2D eigenvalue weighted by Gasteiger charge is -2.22. The molecule has 0 fully saturated rings. The van der Waals surface area contributed by atoms with Gasteiger partial charge in [0.15, 0.2) is 6.10 Å². The molecule has 2 atom stereocenters. The summed E-state index contributed by atoms with van der Waals surface area (Å²) >= 11 is 0. The minimum atomic E-state index is -0.555. The molecule has 0 saturated carbocycles. The molecular formula is C17H27NO3. The lowest BCUT2D eigenvalue weighted by atomic mass is 10.0. The van der Waals surface area contributed by atoms with Crippen molar-refractivity contribution in [1.29, 1.82) is 0 Å². The highest BCUT2D eigenvalue weighted by atomic mass is 16.6. The molecule has 118 valence electrons. The van der Waals surface area contributed by atoms with E-state index in [9.17, 15) is 4.79 Å². The second-order valence-electron chi connectivity index (χ2n) is 5.09. The zero-order chi connectivity index (χ0) is 15.8. The van der Waals surface area contributed by atoms with Crippen molar-refractivity contribution in [2.75, 3.05) is 13.2 Å². The Kier molecular flexibility index (Phi) is 7.23. The first-order valence-corrected chi connectivity index (χ1v) is 7.70. The second kappa shape index (κ2) is 8.67. The molecule has 0 spiro atoms. The molecule has 0 aliphatic rings. The van der Waals surface area contributed by atoms with Gasteiger partial charge in [0.05, 0.1) is 6.61 Å². The van der Waals surface area contributed by atoms with Crippen LogP contribution in [0, 0.1) is 6.92 Å². The molecule has 0 radical (unpaired) electrons. The quantitative estimate of drug-likeness (QED) is 0.746. The third-order valence-electron chi connectivity index (χ3n) is 3.33. The van der Waals surface area contributed by atoms with E-state index >= 15 is 0 Å². The van der Waals surface area contributed by atoms with Crippen molar-refractivity contribution in [1.82, 2.24) is 5.32 Å². The molecular weight excluding hydrogens is 266 g/mol. The fourth-order valence-corrected chi connectivity index (χ4v) is 2.22. The fourth-order valence-electron chi connectivity index (χ4n) is 2.22. The van der Waals surface area contributed by atoms with E-state index in [4.69, 9.17) is 9.47 Å². The minimum Gasteiger partial charge on any atom is -0.478 e. The van der Waals surface area contributed by atoms with Crippen molar-refractivity contribution in [2.24, 2.45) is 0 Å². The summed E-state index contributed by atoms with van der Waals surface area (Å²) < 4.78 is 11.0. The van der Waals surface area contributed by atoms with Gasteiger partial charge in [-0.2, -0.15) is 0 Å². The summed E-state index contributed by atoms with van der Waals surface area (Å²) in [5.41, 5.74) is 2.24. The van der Waals surface area contributed by atoms with E-state index in [1.165, 1.54) is 5.56 Å². The van der Waals surface area contributed by atoms with Crippen LogP contribution in [0.3, 0.4) is 0 Å². The first-order valence-electron chi connectivity index (χ1n) is 7.70. The fraction of sp³-hybridized carbons (Fsp3) is 0.588. The summed E-state index contributed by atoms with van der Waals surface area (Å²) in [5, 5.41) is 3.38. The van der Waals surface area contributed by atoms with Gasteiger partial charge < -0.3 is 14.8 Å². The summed E-state index contributed by atoms with van der Waals surface area (Å²) in [5.74, 6) is 0.441. The lowest BCUT2D eigenvalue weighted by Crippen LogP contribution is -2.29. The largest absolute Gasteiger partial charge is 0.478 e. The Labute approximate surface area is 127 Å². The van der Waals surface area contributed by atoms with Crippen molar-refractivity contribution < 1.29 is 14.3 Å². The Morgan fingerprint density at radius 1 is 1.29 bits per heavy atom. The van der Waals surface area contributed by atoms with Crippen LogP contribution in [-0.2, 0) is 9.53 Å². The van der Waals surface area contributed by atoms with Crippen LogP contribution in [0.25, 0.3) is 0 Å². The number of hydrogen-bond donors (Lipinski definition) is 1. The number of ether oxygens (including phenoxy) is 2. The Balaban J connectivity index is 2.97. The number of benzene rings is 1. The standard InChI is InChI=1S/C17H27NO3/c1-6-15(17(19)20-8-3)21-16-10-9-12(4)11-14(16)13(5)18-7-2/h9-11,13,15,18H,6-8H2,1-5H3. The van der Waals surface area contributed by atoms with E-state index in [-0.39, 0.29) is 12.0 Å². The number of rotatable bonds is 8. The highest BCUT2D eigenvalue weighted by Crippen LogP contribution is 2.28. The number of esters is 1. The zero-order valence-corrected chi connectivity index (χ0v) is 13.7. The van der Waals surface area contributed by atoms with Crippen LogP contribution in [0.1, 0.15) is 51.3 Å². The van der Waals surface area contributed by atoms with Gasteiger partial charge in [-0.3, -0.25) is 0 Å². The normalized spacial score (nSPS) is 13.6. The van der Waals surface area contributed by atoms with Crippen molar-refractivity contribution in [2.45, 2.75) is 53.2 Å². The number of nitrogens with one attached hydrogen (secondary N) is 1.